The Labute approximate surface area is 131 Å². The summed E-state index contributed by atoms with van der Waals surface area (Å²) in [5.41, 5.74) is 8.34. The van der Waals surface area contributed by atoms with Gasteiger partial charge >= 0.3 is 0 Å². The molecule has 0 radical (unpaired) electrons. The molecule has 5 heteroatoms. The third kappa shape index (κ3) is 4.43. The third-order valence-electron chi connectivity index (χ3n) is 3.84. The number of carbonyl (C=O) groups excluding carboxylic acids is 1. The zero-order valence-electron chi connectivity index (χ0n) is 13.2. The lowest BCUT2D eigenvalue weighted by atomic mass is 9.94. The van der Waals surface area contributed by atoms with Gasteiger partial charge in [0.25, 0.3) is 0 Å². The van der Waals surface area contributed by atoms with E-state index >= 15 is 0 Å². The van der Waals surface area contributed by atoms with Crippen molar-refractivity contribution in [1.82, 2.24) is 15.1 Å². The number of nitrogens with two attached hydrogens (primary N) is 1. The molecule has 0 saturated heterocycles. The van der Waals surface area contributed by atoms with E-state index in [4.69, 9.17) is 5.73 Å². The van der Waals surface area contributed by atoms with Crippen LogP contribution in [0.5, 0.6) is 0 Å². The van der Waals surface area contributed by atoms with Gasteiger partial charge in [-0.05, 0) is 24.0 Å². The summed E-state index contributed by atoms with van der Waals surface area (Å²) in [6.07, 6.45) is 5.66. The summed E-state index contributed by atoms with van der Waals surface area (Å²) in [6, 6.07) is 9.45. The van der Waals surface area contributed by atoms with Gasteiger partial charge in [0, 0.05) is 25.8 Å². The van der Waals surface area contributed by atoms with Crippen LogP contribution in [-0.2, 0) is 18.3 Å². The van der Waals surface area contributed by atoms with Crippen LogP contribution in [0.25, 0.3) is 0 Å². The highest BCUT2D eigenvalue weighted by Gasteiger charge is 2.21. The molecular weight excluding hydrogens is 276 g/mol. The van der Waals surface area contributed by atoms with Crippen LogP contribution >= 0.6 is 0 Å². The number of aromatic nitrogens is 2. The number of amides is 1. The number of aryl methyl sites for hydroxylation is 2. The van der Waals surface area contributed by atoms with E-state index in [-0.39, 0.29) is 17.9 Å². The van der Waals surface area contributed by atoms with Gasteiger partial charge < -0.3 is 11.1 Å². The fourth-order valence-electron chi connectivity index (χ4n) is 2.39. The summed E-state index contributed by atoms with van der Waals surface area (Å²) in [5.74, 6) is -0.247. The summed E-state index contributed by atoms with van der Waals surface area (Å²) in [7, 11) is 1.90. The number of carbonyl (C=O) groups is 1. The number of rotatable bonds is 7. The van der Waals surface area contributed by atoms with Crippen molar-refractivity contribution in [2.75, 3.05) is 6.54 Å². The lowest BCUT2D eigenvalue weighted by Crippen LogP contribution is -2.36. The second-order valence-electron chi connectivity index (χ2n) is 5.64. The van der Waals surface area contributed by atoms with E-state index in [1.165, 1.54) is 5.56 Å². The van der Waals surface area contributed by atoms with Crippen molar-refractivity contribution in [1.29, 1.82) is 0 Å². The molecule has 5 nitrogen and oxygen atoms in total. The molecule has 1 heterocycles. The second kappa shape index (κ2) is 7.75. The maximum atomic E-state index is 12.2. The lowest BCUT2D eigenvalue weighted by Gasteiger charge is -2.19. The summed E-state index contributed by atoms with van der Waals surface area (Å²) >= 11 is 0. The molecule has 1 aromatic heterocycles. The molecule has 0 aliphatic rings. The minimum absolute atomic E-state index is 0.00235. The van der Waals surface area contributed by atoms with Crippen LogP contribution in [0.4, 0.5) is 0 Å². The van der Waals surface area contributed by atoms with Gasteiger partial charge in [-0.3, -0.25) is 9.48 Å². The highest BCUT2D eigenvalue weighted by molar-refractivity contribution is 5.79. The van der Waals surface area contributed by atoms with Crippen LogP contribution in [-0.4, -0.2) is 22.2 Å². The minimum atomic E-state index is -0.278. The number of hydrogen-bond donors (Lipinski definition) is 2. The maximum Gasteiger partial charge on any atom is 0.224 e. The molecule has 0 bridgehead atoms. The van der Waals surface area contributed by atoms with Crippen molar-refractivity contribution >= 4 is 5.91 Å². The zero-order chi connectivity index (χ0) is 15.9. The molecule has 0 spiro atoms. The molecule has 2 aromatic rings. The first-order valence-corrected chi connectivity index (χ1v) is 7.63. The first-order valence-electron chi connectivity index (χ1n) is 7.63. The van der Waals surface area contributed by atoms with Gasteiger partial charge in [0.2, 0.25) is 5.91 Å². The number of nitrogens with one attached hydrogen (secondary N) is 1. The fraction of sp³-hybridized carbons (Fsp3) is 0.412. The van der Waals surface area contributed by atoms with Gasteiger partial charge in [-0.2, -0.15) is 5.10 Å². The van der Waals surface area contributed by atoms with Gasteiger partial charge in [0.1, 0.15) is 0 Å². The molecule has 118 valence electrons. The van der Waals surface area contributed by atoms with Crippen LogP contribution < -0.4 is 11.1 Å². The SMILES string of the molecule is CC(C(=O)NCCCc1cnn(C)c1)C(N)c1ccccc1. The Hall–Kier alpha value is -2.14. The molecule has 3 N–H and O–H groups in total. The van der Waals surface area contributed by atoms with Gasteiger partial charge in [-0.25, -0.2) is 0 Å². The predicted octanol–water partition coefficient (Wildman–Crippen LogP) is 1.80. The molecule has 0 aliphatic heterocycles. The minimum Gasteiger partial charge on any atom is -0.356 e. The van der Waals surface area contributed by atoms with E-state index in [0.717, 1.165) is 18.4 Å². The van der Waals surface area contributed by atoms with Crippen LogP contribution in [0.1, 0.15) is 30.5 Å². The Bertz CT molecular complexity index is 594. The molecule has 2 unspecified atom stereocenters. The van der Waals surface area contributed by atoms with Crippen molar-refractivity contribution in [2.24, 2.45) is 18.7 Å². The van der Waals surface area contributed by atoms with E-state index in [1.807, 2.05) is 56.7 Å². The molecular formula is C17H24N4O. The highest BCUT2D eigenvalue weighted by atomic mass is 16.1. The molecule has 1 aromatic carbocycles. The third-order valence-corrected chi connectivity index (χ3v) is 3.84. The van der Waals surface area contributed by atoms with Gasteiger partial charge in [-0.1, -0.05) is 37.3 Å². The number of nitrogens with zero attached hydrogens (tertiary/aromatic N) is 2. The number of hydrogen-bond acceptors (Lipinski definition) is 3. The quantitative estimate of drug-likeness (QED) is 0.766. The maximum absolute atomic E-state index is 12.2. The zero-order valence-corrected chi connectivity index (χ0v) is 13.2. The van der Waals surface area contributed by atoms with Gasteiger partial charge in [0.05, 0.1) is 12.1 Å². The summed E-state index contributed by atoms with van der Waals surface area (Å²) in [5, 5.41) is 7.09. The molecule has 0 aliphatic carbocycles. The van der Waals surface area contributed by atoms with Crippen molar-refractivity contribution < 1.29 is 4.79 Å². The molecule has 0 saturated carbocycles. The van der Waals surface area contributed by atoms with E-state index in [1.54, 1.807) is 4.68 Å². The first kappa shape index (κ1) is 16.2. The van der Waals surface area contributed by atoms with Crippen LogP contribution in [0.15, 0.2) is 42.7 Å². The Morgan fingerprint density at radius 1 is 1.36 bits per heavy atom. The molecule has 1 amide bonds. The Morgan fingerprint density at radius 2 is 2.09 bits per heavy atom. The Kier molecular flexibility index (Phi) is 5.72. The molecule has 2 atom stereocenters. The second-order valence-corrected chi connectivity index (χ2v) is 5.64. The van der Waals surface area contributed by atoms with E-state index in [9.17, 15) is 4.79 Å². The predicted molar refractivity (Wildman–Crippen MR) is 87.1 cm³/mol. The molecule has 22 heavy (non-hydrogen) atoms. The van der Waals surface area contributed by atoms with E-state index in [2.05, 4.69) is 10.4 Å². The number of benzene rings is 1. The largest absolute Gasteiger partial charge is 0.356 e. The first-order chi connectivity index (χ1) is 10.6. The summed E-state index contributed by atoms with van der Waals surface area (Å²) in [4.78, 5) is 12.2. The summed E-state index contributed by atoms with van der Waals surface area (Å²) in [6.45, 7) is 2.52. The van der Waals surface area contributed by atoms with Crippen molar-refractivity contribution in [3.8, 4) is 0 Å². The van der Waals surface area contributed by atoms with Crippen LogP contribution in [0.2, 0.25) is 0 Å². The normalized spacial score (nSPS) is 13.6. The highest BCUT2D eigenvalue weighted by Crippen LogP contribution is 2.18. The van der Waals surface area contributed by atoms with Crippen LogP contribution in [0.3, 0.4) is 0 Å². The Morgan fingerprint density at radius 3 is 2.73 bits per heavy atom. The lowest BCUT2D eigenvalue weighted by molar-refractivity contribution is -0.125. The summed E-state index contributed by atoms with van der Waals surface area (Å²) < 4.78 is 1.79. The standard InChI is InChI=1S/C17H24N4O/c1-13(16(18)15-8-4-3-5-9-15)17(22)19-10-6-7-14-11-20-21(2)12-14/h3-5,8-9,11-13,16H,6-7,10,18H2,1-2H3,(H,19,22). The smallest absolute Gasteiger partial charge is 0.224 e. The van der Waals surface area contributed by atoms with Crippen LogP contribution in [0, 0.1) is 5.92 Å². The Balaban J connectivity index is 1.74. The monoisotopic (exact) mass is 300 g/mol. The van der Waals surface area contributed by atoms with Gasteiger partial charge in [-0.15, -0.1) is 0 Å². The van der Waals surface area contributed by atoms with Crippen molar-refractivity contribution in [2.45, 2.75) is 25.8 Å². The average Bonchev–Trinajstić information content (AvgIpc) is 2.96. The van der Waals surface area contributed by atoms with Crippen molar-refractivity contribution in [3.63, 3.8) is 0 Å². The molecule has 2 rings (SSSR count). The van der Waals surface area contributed by atoms with E-state index in [0.29, 0.717) is 6.54 Å². The van der Waals surface area contributed by atoms with Gasteiger partial charge in [0.15, 0.2) is 0 Å². The topological polar surface area (TPSA) is 72.9 Å². The van der Waals surface area contributed by atoms with E-state index < -0.39 is 0 Å². The fourth-order valence-corrected chi connectivity index (χ4v) is 2.39. The molecule has 0 fully saturated rings. The average molecular weight is 300 g/mol. The van der Waals surface area contributed by atoms with Crippen molar-refractivity contribution in [3.05, 3.63) is 53.9 Å².